The normalized spacial score (nSPS) is 10.8. The molecule has 0 aliphatic carbocycles. The number of nitrogens with zero attached hydrogens (tertiary/aromatic N) is 4. The number of benzene rings is 1. The first kappa shape index (κ1) is 16.9. The number of nitrogen functional groups attached to an aromatic ring is 1. The highest BCUT2D eigenvalue weighted by Crippen LogP contribution is 2.26. The lowest BCUT2D eigenvalue weighted by Crippen LogP contribution is -2.16. The molecule has 0 fully saturated rings. The van der Waals surface area contributed by atoms with E-state index in [2.05, 4.69) is 36.4 Å². The highest BCUT2D eigenvalue weighted by Gasteiger charge is 2.12. The van der Waals surface area contributed by atoms with Gasteiger partial charge in [-0.2, -0.15) is 0 Å². The predicted octanol–water partition coefficient (Wildman–Crippen LogP) is 2.92. The van der Waals surface area contributed by atoms with Gasteiger partial charge < -0.3 is 11.2 Å². The van der Waals surface area contributed by atoms with Gasteiger partial charge in [0.1, 0.15) is 5.82 Å². The molecule has 0 saturated carbocycles. The summed E-state index contributed by atoms with van der Waals surface area (Å²) in [6, 6.07) is 7.84. The summed E-state index contributed by atoms with van der Waals surface area (Å²) < 4.78 is 2.36. The third kappa shape index (κ3) is 3.94. The lowest BCUT2D eigenvalue weighted by Gasteiger charge is -2.02. The number of rotatable bonds is 5. The summed E-state index contributed by atoms with van der Waals surface area (Å²) in [5, 5.41) is 13.5. The maximum atomic E-state index is 12.0. The minimum absolute atomic E-state index is 0.169. The monoisotopic (exact) mass is 424 g/mol. The summed E-state index contributed by atoms with van der Waals surface area (Å²) in [4.78, 5) is 16.5. The standard InChI is InChI=1S/C14H13BrN6OS2/c1-8-19-20-14(21(8)16)24-7-12(22)18-13-17-11(6-23-13)9-2-4-10(15)5-3-9/h2-6H,7,16H2,1H3,(H,17,18,22). The zero-order chi connectivity index (χ0) is 17.1. The number of carbonyl (C=O) groups excluding carboxylic acids is 1. The third-order valence-electron chi connectivity index (χ3n) is 3.06. The van der Waals surface area contributed by atoms with Gasteiger partial charge in [0.15, 0.2) is 5.13 Å². The topological polar surface area (TPSA) is 98.7 Å². The molecule has 0 bridgehead atoms. The van der Waals surface area contributed by atoms with Crippen LogP contribution in [0.25, 0.3) is 11.3 Å². The molecule has 10 heteroatoms. The van der Waals surface area contributed by atoms with E-state index in [4.69, 9.17) is 5.84 Å². The fourth-order valence-corrected chi connectivity index (χ4v) is 3.52. The molecule has 124 valence electrons. The Morgan fingerprint density at radius 1 is 1.38 bits per heavy atom. The van der Waals surface area contributed by atoms with Gasteiger partial charge in [0.05, 0.1) is 11.4 Å². The molecule has 3 N–H and O–H groups in total. The molecule has 0 spiro atoms. The number of carbonyl (C=O) groups is 1. The molecule has 1 aromatic carbocycles. The summed E-state index contributed by atoms with van der Waals surface area (Å²) in [7, 11) is 0. The fraction of sp³-hybridized carbons (Fsp3) is 0.143. The van der Waals surface area contributed by atoms with Crippen LogP contribution in [0.15, 0.2) is 39.3 Å². The molecule has 7 nitrogen and oxygen atoms in total. The molecule has 0 aliphatic heterocycles. The minimum Gasteiger partial charge on any atom is -0.336 e. The molecule has 0 atom stereocenters. The molecule has 0 unspecified atom stereocenters. The highest BCUT2D eigenvalue weighted by molar-refractivity contribution is 9.10. The molecule has 2 heterocycles. The number of anilines is 1. The van der Waals surface area contributed by atoms with Crippen LogP contribution in [-0.2, 0) is 4.79 Å². The Hall–Kier alpha value is -1.91. The van der Waals surface area contributed by atoms with Crippen molar-refractivity contribution in [2.45, 2.75) is 12.1 Å². The van der Waals surface area contributed by atoms with E-state index in [0.29, 0.717) is 16.1 Å². The van der Waals surface area contributed by atoms with Crippen molar-refractivity contribution in [2.75, 3.05) is 16.9 Å². The Morgan fingerprint density at radius 2 is 2.12 bits per heavy atom. The van der Waals surface area contributed by atoms with Gasteiger partial charge in [-0.15, -0.1) is 21.5 Å². The summed E-state index contributed by atoms with van der Waals surface area (Å²) in [6.45, 7) is 1.75. The second-order valence-corrected chi connectivity index (χ2v) is 7.50. The number of thioether (sulfide) groups is 1. The van der Waals surface area contributed by atoms with Crippen molar-refractivity contribution in [2.24, 2.45) is 0 Å². The van der Waals surface area contributed by atoms with Crippen molar-refractivity contribution in [1.82, 2.24) is 19.9 Å². The zero-order valence-electron chi connectivity index (χ0n) is 12.6. The van der Waals surface area contributed by atoms with E-state index in [1.54, 1.807) is 6.92 Å². The second-order valence-electron chi connectivity index (χ2n) is 4.78. The van der Waals surface area contributed by atoms with Crippen LogP contribution in [0, 0.1) is 6.92 Å². The Labute approximate surface area is 154 Å². The third-order valence-corrected chi connectivity index (χ3v) is 5.29. The molecular formula is C14H13BrN6OS2. The number of aryl methyl sites for hydroxylation is 1. The molecule has 3 rings (SSSR count). The average Bonchev–Trinajstić information content (AvgIpc) is 3.15. The molecular weight excluding hydrogens is 412 g/mol. The number of halogens is 1. The van der Waals surface area contributed by atoms with Gasteiger partial charge in [0, 0.05) is 15.4 Å². The number of nitrogens with one attached hydrogen (secondary N) is 1. The number of aromatic nitrogens is 4. The van der Waals surface area contributed by atoms with Crippen molar-refractivity contribution in [3.05, 3.63) is 39.9 Å². The van der Waals surface area contributed by atoms with E-state index in [0.717, 1.165) is 15.7 Å². The summed E-state index contributed by atoms with van der Waals surface area (Å²) >= 11 is 6.01. The first-order chi connectivity index (χ1) is 11.5. The largest absolute Gasteiger partial charge is 0.336 e. The van der Waals surface area contributed by atoms with Crippen LogP contribution in [0.4, 0.5) is 5.13 Å². The first-order valence-corrected chi connectivity index (χ1v) is 9.50. The van der Waals surface area contributed by atoms with Gasteiger partial charge in [-0.3, -0.25) is 4.79 Å². The van der Waals surface area contributed by atoms with Crippen LogP contribution in [-0.4, -0.2) is 31.5 Å². The average molecular weight is 425 g/mol. The van der Waals surface area contributed by atoms with E-state index in [1.807, 2.05) is 29.6 Å². The Balaban J connectivity index is 1.59. The molecule has 3 aromatic rings. The van der Waals surface area contributed by atoms with Crippen LogP contribution < -0.4 is 11.2 Å². The van der Waals surface area contributed by atoms with E-state index in [1.165, 1.54) is 27.8 Å². The van der Waals surface area contributed by atoms with E-state index in [-0.39, 0.29) is 11.7 Å². The van der Waals surface area contributed by atoms with Crippen molar-refractivity contribution in [3.63, 3.8) is 0 Å². The van der Waals surface area contributed by atoms with Gasteiger partial charge in [-0.05, 0) is 19.1 Å². The van der Waals surface area contributed by atoms with Crippen LogP contribution >= 0.6 is 39.0 Å². The smallest absolute Gasteiger partial charge is 0.236 e. The number of hydrogen-bond acceptors (Lipinski definition) is 7. The molecule has 0 radical (unpaired) electrons. The van der Waals surface area contributed by atoms with Crippen molar-refractivity contribution >= 4 is 50.1 Å². The van der Waals surface area contributed by atoms with Crippen molar-refractivity contribution < 1.29 is 4.79 Å². The molecule has 2 aromatic heterocycles. The highest BCUT2D eigenvalue weighted by atomic mass is 79.9. The zero-order valence-corrected chi connectivity index (χ0v) is 15.8. The summed E-state index contributed by atoms with van der Waals surface area (Å²) in [5.74, 6) is 6.35. The van der Waals surface area contributed by atoms with Crippen LogP contribution in [0.2, 0.25) is 0 Å². The maximum absolute atomic E-state index is 12.0. The number of nitrogens with two attached hydrogens (primary N) is 1. The molecule has 0 aliphatic rings. The Kier molecular flexibility index (Phi) is 5.17. The van der Waals surface area contributed by atoms with Gasteiger partial charge in [0.2, 0.25) is 11.1 Å². The minimum atomic E-state index is -0.169. The van der Waals surface area contributed by atoms with E-state index >= 15 is 0 Å². The predicted molar refractivity (Wildman–Crippen MR) is 99.5 cm³/mol. The van der Waals surface area contributed by atoms with Gasteiger partial charge >= 0.3 is 0 Å². The lowest BCUT2D eigenvalue weighted by atomic mass is 10.2. The molecule has 0 saturated heterocycles. The Bertz CT molecular complexity index is 861. The van der Waals surface area contributed by atoms with Crippen LogP contribution in [0.3, 0.4) is 0 Å². The molecule has 24 heavy (non-hydrogen) atoms. The van der Waals surface area contributed by atoms with E-state index < -0.39 is 0 Å². The fourth-order valence-electron chi connectivity index (χ4n) is 1.82. The van der Waals surface area contributed by atoms with Gasteiger partial charge in [-0.1, -0.05) is 39.8 Å². The number of hydrogen-bond donors (Lipinski definition) is 2. The van der Waals surface area contributed by atoms with Crippen LogP contribution in [0.5, 0.6) is 0 Å². The second kappa shape index (κ2) is 7.32. The summed E-state index contributed by atoms with van der Waals surface area (Å²) in [5.41, 5.74) is 1.82. The SMILES string of the molecule is Cc1nnc(SCC(=O)Nc2nc(-c3ccc(Br)cc3)cs2)n1N. The first-order valence-electron chi connectivity index (χ1n) is 6.84. The van der Waals surface area contributed by atoms with Crippen LogP contribution in [0.1, 0.15) is 5.82 Å². The summed E-state index contributed by atoms with van der Waals surface area (Å²) in [6.07, 6.45) is 0. The maximum Gasteiger partial charge on any atom is 0.236 e. The van der Waals surface area contributed by atoms with Crippen molar-refractivity contribution in [1.29, 1.82) is 0 Å². The Morgan fingerprint density at radius 3 is 2.79 bits per heavy atom. The van der Waals surface area contributed by atoms with E-state index in [9.17, 15) is 4.79 Å². The van der Waals surface area contributed by atoms with Crippen molar-refractivity contribution in [3.8, 4) is 11.3 Å². The van der Waals surface area contributed by atoms with Gasteiger partial charge in [-0.25, -0.2) is 9.66 Å². The van der Waals surface area contributed by atoms with Gasteiger partial charge in [0.25, 0.3) is 0 Å². The number of thiazole rings is 1. The molecule has 1 amide bonds. The lowest BCUT2D eigenvalue weighted by molar-refractivity contribution is -0.113. The number of amides is 1. The quantitative estimate of drug-likeness (QED) is 0.482.